The van der Waals surface area contributed by atoms with E-state index in [1.165, 1.54) is 0 Å². The van der Waals surface area contributed by atoms with Crippen LogP contribution in [0, 0.1) is 6.92 Å². The summed E-state index contributed by atoms with van der Waals surface area (Å²) in [6.07, 6.45) is 3.12. The quantitative estimate of drug-likeness (QED) is 0.897. The molecule has 2 aromatic heterocycles. The molecule has 0 saturated heterocycles. The standard InChI is InChI=1S/C12H14N4O2/c1-7(2)10-9(8(3)16-18-10)11(17)15-12-13-5-4-6-14-12/h4-7H,1-3H3,(H,13,14,15,17). The molecule has 94 valence electrons. The van der Waals surface area contributed by atoms with Crippen molar-refractivity contribution in [3.63, 3.8) is 0 Å². The molecule has 6 nitrogen and oxygen atoms in total. The molecule has 0 spiro atoms. The number of anilines is 1. The van der Waals surface area contributed by atoms with Gasteiger partial charge in [0.1, 0.15) is 5.56 Å². The van der Waals surface area contributed by atoms with Crippen LogP contribution in [0.1, 0.15) is 41.6 Å². The highest BCUT2D eigenvalue weighted by Crippen LogP contribution is 2.22. The summed E-state index contributed by atoms with van der Waals surface area (Å²) in [7, 11) is 0. The maximum atomic E-state index is 12.1. The van der Waals surface area contributed by atoms with Crippen molar-refractivity contribution in [2.45, 2.75) is 26.7 Å². The van der Waals surface area contributed by atoms with Gasteiger partial charge >= 0.3 is 0 Å². The van der Waals surface area contributed by atoms with Crippen molar-refractivity contribution in [1.82, 2.24) is 15.1 Å². The zero-order valence-corrected chi connectivity index (χ0v) is 10.5. The van der Waals surface area contributed by atoms with E-state index < -0.39 is 0 Å². The van der Waals surface area contributed by atoms with Crippen molar-refractivity contribution in [3.05, 3.63) is 35.5 Å². The van der Waals surface area contributed by atoms with E-state index in [0.29, 0.717) is 17.0 Å². The molecule has 2 heterocycles. The van der Waals surface area contributed by atoms with Crippen molar-refractivity contribution in [1.29, 1.82) is 0 Å². The van der Waals surface area contributed by atoms with Crippen LogP contribution in [0.2, 0.25) is 0 Å². The Morgan fingerprint density at radius 2 is 2.00 bits per heavy atom. The minimum atomic E-state index is -0.302. The molecule has 0 aliphatic rings. The fourth-order valence-corrected chi connectivity index (χ4v) is 1.59. The summed E-state index contributed by atoms with van der Waals surface area (Å²) in [5, 5.41) is 6.44. The number of aromatic nitrogens is 3. The number of nitrogens with one attached hydrogen (secondary N) is 1. The average Bonchev–Trinajstić information content (AvgIpc) is 2.72. The van der Waals surface area contributed by atoms with Crippen LogP contribution in [0.25, 0.3) is 0 Å². The van der Waals surface area contributed by atoms with Crippen LogP contribution in [0.4, 0.5) is 5.95 Å². The second-order valence-corrected chi connectivity index (χ2v) is 4.19. The monoisotopic (exact) mass is 246 g/mol. The Morgan fingerprint density at radius 3 is 2.61 bits per heavy atom. The van der Waals surface area contributed by atoms with E-state index in [9.17, 15) is 4.79 Å². The lowest BCUT2D eigenvalue weighted by atomic mass is 10.0. The van der Waals surface area contributed by atoms with Gasteiger partial charge in [-0.05, 0) is 13.0 Å². The van der Waals surface area contributed by atoms with Gasteiger partial charge in [0.2, 0.25) is 5.95 Å². The zero-order valence-electron chi connectivity index (χ0n) is 10.5. The van der Waals surface area contributed by atoms with Crippen molar-refractivity contribution in [2.24, 2.45) is 0 Å². The first-order valence-electron chi connectivity index (χ1n) is 5.64. The number of nitrogens with zero attached hydrogens (tertiary/aromatic N) is 3. The van der Waals surface area contributed by atoms with Crippen molar-refractivity contribution in [2.75, 3.05) is 5.32 Å². The first-order chi connectivity index (χ1) is 8.59. The minimum Gasteiger partial charge on any atom is -0.360 e. The van der Waals surface area contributed by atoms with Gasteiger partial charge in [0, 0.05) is 18.3 Å². The Bertz CT molecular complexity index is 548. The number of carbonyl (C=O) groups is 1. The molecule has 0 bridgehead atoms. The van der Waals surface area contributed by atoms with Crippen molar-refractivity contribution < 1.29 is 9.32 Å². The van der Waals surface area contributed by atoms with Gasteiger partial charge in [0.05, 0.1) is 5.69 Å². The highest BCUT2D eigenvalue weighted by atomic mass is 16.5. The molecule has 18 heavy (non-hydrogen) atoms. The predicted molar refractivity (Wildman–Crippen MR) is 65.3 cm³/mol. The van der Waals surface area contributed by atoms with E-state index in [0.717, 1.165) is 0 Å². The van der Waals surface area contributed by atoms with Crippen LogP contribution in [0.15, 0.2) is 23.0 Å². The highest BCUT2D eigenvalue weighted by Gasteiger charge is 2.22. The second-order valence-electron chi connectivity index (χ2n) is 4.19. The summed E-state index contributed by atoms with van der Waals surface area (Å²) in [5.74, 6) is 0.617. The topological polar surface area (TPSA) is 80.9 Å². The van der Waals surface area contributed by atoms with Crippen LogP contribution in [-0.2, 0) is 0 Å². The smallest absolute Gasteiger partial charge is 0.263 e. The molecule has 0 radical (unpaired) electrons. The molecule has 2 rings (SSSR count). The normalized spacial score (nSPS) is 10.7. The molecular weight excluding hydrogens is 232 g/mol. The molecule has 0 aromatic carbocycles. The summed E-state index contributed by atoms with van der Waals surface area (Å²) in [4.78, 5) is 20.0. The molecular formula is C12H14N4O2. The van der Waals surface area contributed by atoms with Crippen LogP contribution >= 0.6 is 0 Å². The molecule has 2 aromatic rings. The summed E-state index contributed by atoms with van der Waals surface area (Å²) < 4.78 is 5.16. The van der Waals surface area contributed by atoms with Crippen LogP contribution in [0.3, 0.4) is 0 Å². The molecule has 0 fully saturated rings. The summed E-state index contributed by atoms with van der Waals surface area (Å²) in [6.45, 7) is 5.61. The third-order valence-electron chi connectivity index (χ3n) is 2.43. The highest BCUT2D eigenvalue weighted by molar-refractivity contribution is 6.04. The summed E-state index contributed by atoms with van der Waals surface area (Å²) >= 11 is 0. The van der Waals surface area contributed by atoms with Gasteiger partial charge in [-0.3, -0.25) is 10.1 Å². The number of amides is 1. The van der Waals surface area contributed by atoms with Crippen molar-refractivity contribution >= 4 is 11.9 Å². The Hall–Kier alpha value is -2.24. The number of aryl methyl sites for hydroxylation is 1. The Kier molecular flexibility index (Phi) is 3.36. The van der Waals surface area contributed by atoms with Crippen LogP contribution in [-0.4, -0.2) is 21.0 Å². The molecule has 0 atom stereocenters. The van der Waals surface area contributed by atoms with Gasteiger partial charge in [-0.2, -0.15) is 0 Å². The molecule has 1 N–H and O–H groups in total. The molecule has 0 aliphatic heterocycles. The fourth-order valence-electron chi connectivity index (χ4n) is 1.59. The number of rotatable bonds is 3. The fraction of sp³-hybridized carbons (Fsp3) is 0.333. The average molecular weight is 246 g/mol. The summed E-state index contributed by atoms with van der Waals surface area (Å²) in [5.41, 5.74) is 1.02. The first kappa shape index (κ1) is 12.2. The SMILES string of the molecule is Cc1noc(C(C)C)c1C(=O)Nc1ncccn1. The van der Waals surface area contributed by atoms with Gasteiger partial charge < -0.3 is 4.52 Å². The largest absolute Gasteiger partial charge is 0.360 e. The van der Waals surface area contributed by atoms with Gasteiger partial charge in [0.25, 0.3) is 5.91 Å². The number of hydrogen-bond acceptors (Lipinski definition) is 5. The third-order valence-corrected chi connectivity index (χ3v) is 2.43. The van der Waals surface area contributed by atoms with E-state index >= 15 is 0 Å². The van der Waals surface area contributed by atoms with E-state index in [4.69, 9.17) is 4.52 Å². The van der Waals surface area contributed by atoms with Gasteiger partial charge in [-0.15, -0.1) is 0 Å². The Morgan fingerprint density at radius 1 is 1.33 bits per heavy atom. The lowest BCUT2D eigenvalue weighted by Crippen LogP contribution is -2.16. The van der Waals surface area contributed by atoms with E-state index in [2.05, 4.69) is 20.4 Å². The lowest BCUT2D eigenvalue weighted by Gasteiger charge is -2.05. The molecule has 0 saturated carbocycles. The summed E-state index contributed by atoms with van der Waals surface area (Å²) in [6, 6.07) is 1.68. The molecule has 0 aliphatic carbocycles. The Labute approximate surface area is 104 Å². The predicted octanol–water partition coefficient (Wildman–Crippen LogP) is 2.15. The molecule has 1 amide bonds. The van der Waals surface area contributed by atoms with Crippen molar-refractivity contribution in [3.8, 4) is 0 Å². The van der Waals surface area contributed by atoms with Gasteiger partial charge in [0.15, 0.2) is 5.76 Å². The van der Waals surface area contributed by atoms with E-state index in [-0.39, 0.29) is 17.8 Å². The lowest BCUT2D eigenvalue weighted by molar-refractivity contribution is 0.102. The van der Waals surface area contributed by atoms with Crippen LogP contribution in [0.5, 0.6) is 0 Å². The first-order valence-corrected chi connectivity index (χ1v) is 5.64. The second kappa shape index (κ2) is 4.95. The van der Waals surface area contributed by atoms with Crippen LogP contribution < -0.4 is 5.32 Å². The number of hydrogen-bond donors (Lipinski definition) is 1. The molecule has 0 unspecified atom stereocenters. The maximum absolute atomic E-state index is 12.1. The maximum Gasteiger partial charge on any atom is 0.263 e. The van der Waals surface area contributed by atoms with Gasteiger partial charge in [-0.25, -0.2) is 9.97 Å². The number of carbonyl (C=O) groups excluding carboxylic acids is 1. The minimum absolute atomic E-state index is 0.0867. The van der Waals surface area contributed by atoms with Gasteiger partial charge in [-0.1, -0.05) is 19.0 Å². The van der Waals surface area contributed by atoms with E-state index in [1.54, 1.807) is 25.4 Å². The zero-order chi connectivity index (χ0) is 13.1. The Balaban J connectivity index is 2.27. The molecule has 6 heteroatoms. The van der Waals surface area contributed by atoms with E-state index in [1.807, 2.05) is 13.8 Å². The third kappa shape index (κ3) is 2.37.